The van der Waals surface area contributed by atoms with E-state index in [0.717, 1.165) is 37.4 Å². The average molecular weight is 282 g/mol. The van der Waals surface area contributed by atoms with Gasteiger partial charge in [-0.25, -0.2) is 0 Å². The van der Waals surface area contributed by atoms with E-state index in [2.05, 4.69) is 4.90 Å². The molecule has 1 aliphatic heterocycles. The number of rotatable bonds is 4. The van der Waals surface area contributed by atoms with E-state index in [4.69, 9.17) is 16.3 Å². The molecule has 0 bridgehead atoms. The molecule has 0 radical (unpaired) electrons. The first kappa shape index (κ1) is 14.4. The van der Waals surface area contributed by atoms with Crippen LogP contribution < -0.4 is 0 Å². The molecule has 0 aromatic heterocycles. The maximum atomic E-state index is 12.0. The number of hydrogen-bond acceptors (Lipinski definition) is 3. The summed E-state index contributed by atoms with van der Waals surface area (Å²) in [5, 5.41) is 0.740. The molecule has 1 heterocycles. The zero-order valence-electron chi connectivity index (χ0n) is 11.3. The number of nitrogens with zero attached hydrogens (tertiary/aromatic N) is 1. The smallest absolute Gasteiger partial charge is 0.323 e. The molecule has 19 heavy (non-hydrogen) atoms. The summed E-state index contributed by atoms with van der Waals surface area (Å²) in [5.74, 6) is -0.0869. The van der Waals surface area contributed by atoms with Crippen molar-refractivity contribution in [2.45, 2.75) is 38.8 Å². The number of carbonyl (C=O) groups excluding carboxylic acids is 1. The number of carbonyl (C=O) groups is 1. The van der Waals surface area contributed by atoms with Crippen LogP contribution in [0.1, 0.15) is 31.7 Å². The van der Waals surface area contributed by atoms with Crippen LogP contribution in [0.25, 0.3) is 0 Å². The summed E-state index contributed by atoms with van der Waals surface area (Å²) in [5.41, 5.74) is 1.18. The molecule has 1 aromatic rings. The molecule has 1 aliphatic rings. The molecular weight excluding hydrogens is 262 g/mol. The Bertz CT molecular complexity index is 419. The highest BCUT2D eigenvalue weighted by molar-refractivity contribution is 6.30. The van der Waals surface area contributed by atoms with Gasteiger partial charge in [-0.1, -0.05) is 30.2 Å². The van der Waals surface area contributed by atoms with Gasteiger partial charge in [-0.3, -0.25) is 9.69 Å². The molecule has 4 heteroatoms. The monoisotopic (exact) mass is 281 g/mol. The highest BCUT2D eigenvalue weighted by atomic mass is 35.5. The van der Waals surface area contributed by atoms with Crippen LogP contribution in [-0.2, 0) is 16.1 Å². The van der Waals surface area contributed by atoms with Crippen LogP contribution in [0.4, 0.5) is 0 Å². The summed E-state index contributed by atoms with van der Waals surface area (Å²) in [6.45, 7) is 4.03. The SMILES string of the molecule is CCOC(=O)C1CCCCN1Cc1ccc(Cl)cc1. The predicted molar refractivity (Wildman–Crippen MR) is 76.1 cm³/mol. The van der Waals surface area contributed by atoms with E-state index < -0.39 is 0 Å². The van der Waals surface area contributed by atoms with Crippen LogP contribution in [-0.4, -0.2) is 30.1 Å². The number of halogens is 1. The van der Waals surface area contributed by atoms with Gasteiger partial charge in [0.15, 0.2) is 0 Å². The van der Waals surface area contributed by atoms with E-state index in [1.54, 1.807) is 0 Å². The highest BCUT2D eigenvalue weighted by Gasteiger charge is 2.29. The van der Waals surface area contributed by atoms with E-state index in [-0.39, 0.29) is 12.0 Å². The number of ether oxygens (including phenoxy) is 1. The van der Waals surface area contributed by atoms with Gasteiger partial charge in [0.1, 0.15) is 6.04 Å². The van der Waals surface area contributed by atoms with Crippen molar-refractivity contribution in [2.75, 3.05) is 13.2 Å². The minimum Gasteiger partial charge on any atom is -0.465 e. The topological polar surface area (TPSA) is 29.5 Å². The molecule has 1 aromatic carbocycles. The second-order valence-electron chi connectivity index (χ2n) is 4.86. The van der Waals surface area contributed by atoms with Gasteiger partial charge in [-0.05, 0) is 44.0 Å². The van der Waals surface area contributed by atoms with E-state index >= 15 is 0 Å². The first-order chi connectivity index (χ1) is 9.20. The molecule has 1 unspecified atom stereocenters. The highest BCUT2D eigenvalue weighted by Crippen LogP contribution is 2.21. The Kier molecular flexibility index (Phi) is 5.23. The molecule has 1 saturated heterocycles. The second-order valence-corrected chi connectivity index (χ2v) is 5.30. The molecule has 0 amide bonds. The van der Waals surface area contributed by atoms with Gasteiger partial charge in [-0.15, -0.1) is 0 Å². The zero-order chi connectivity index (χ0) is 13.7. The average Bonchev–Trinajstić information content (AvgIpc) is 2.42. The largest absolute Gasteiger partial charge is 0.465 e. The van der Waals surface area contributed by atoms with Crippen LogP contribution in [0.2, 0.25) is 5.02 Å². The van der Waals surface area contributed by atoms with Crippen LogP contribution in [0, 0.1) is 0 Å². The molecule has 1 fully saturated rings. The fourth-order valence-electron chi connectivity index (χ4n) is 2.51. The fraction of sp³-hybridized carbons (Fsp3) is 0.533. The van der Waals surface area contributed by atoms with Crippen molar-refractivity contribution in [2.24, 2.45) is 0 Å². The van der Waals surface area contributed by atoms with E-state index in [9.17, 15) is 4.79 Å². The minimum absolute atomic E-state index is 0.0869. The van der Waals surface area contributed by atoms with Gasteiger partial charge in [0.2, 0.25) is 0 Å². The lowest BCUT2D eigenvalue weighted by molar-refractivity contribution is -0.151. The molecule has 0 saturated carbocycles. The Morgan fingerprint density at radius 3 is 2.79 bits per heavy atom. The lowest BCUT2D eigenvalue weighted by Crippen LogP contribution is -2.44. The Hall–Kier alpha value is -1.06. The molecular formula is C15H20ClNO2. The lowest BCUT2D eigenvalue weighted by atomic mass is 10.0. The van der Waals surface area contributed by atoms with E-state index in [1.165, 1.54) is 5.56 Å². The van der Waals surface area contributed by atoms with Crippen molar-refractivity contribution in [1.82, 2.24) is 4.90 Å². The number of hydrogen-bond donors (Lipinski definition) is 0. The van der Waals surface area contributed by atoms with Gasteiger partial charge >= 0.3 is 5.97 Å². The van der Waals surface area contributed by atoms with Gasteiger partial charge < -0.3 is 4.74 Å². The van der Waals surface area contributed by atoms with Crippen LogP contribution in [0.15, 0.2) is 24.3 Å². The van der Waals surface area contributed by atoms with Crippen LogP contribution in [0.5, 0.6) is 0 Å². The molecule has 0 spiro atoms. The Morgan fingerprint density at radius 1 is 1.37 bits per heavy atom. The van der Waals surface area contributed by atoms with Gasteiger partial charge in [-0.2, -0.15) is 0 Å². The summed E-state index contributed by atoms with van der Waals surface area (Å²) in [7, 11) is 0. The molecule has 0 N–H and O–H groups in total. The van der Waals surface area contributed by atoms with E-state index in [0.29, 0.717) is 6.61 Å². The lowest BCUT2D eigenvalue weighted by Gasteiger charge is -2.33. The molecule has 104 valence electrons. The zero-order valence-corrected chi connectivity index (χ0v) is 12.0. The third kappa shape index (κ3) is 3.95. The summed E-state index contributed by atoms with van der Waals surface area (Å²) in [6.07, 6.45) is 3.14. The number of benzene rings is 1. The number of esters is 1. The Morgan fingerprint density at radius 2 is 2.11 bits per heavy atom. The van der Waals surface area contributed by atoms with Crippen molar-refractivity contribution < 1.29 is 9.53 Å². The van der Waals surface area contributed by atoms with E-state index in [1.807, 2.05) is 31.2 Å². The van der Waals surface area contributed by atoms with Crippen molar-refractivity contribution in [3.05, 3.63) is 34.9 Å². The van der Waals surface area contributed by atoms with Crippen molar-refractivity contribution in [1.29, 1.82) is 0 Å². The Balaban J connectivity index is 2.03. The van der Waals surface area contributed by atoms with Crippen molar-refractivity contribution in [3.8, 4) is 0 Å². The number of likely N-dealkylation sites (tertiary alicyclic amines) is 1. The molecule has 1 atom stereocenters. The van der Waals surface area contributed by atoms with Crippen LogP contribution in [0.3, 0.4) is 0 Å². The maximum absolute atomic E-state index is 12.0. The summed E-state index contributed by atoms with van der Waals surface area (Å²) < 4.78 is 5.17. The summed E-state index contributed by atoms with van der Waals surface area (Å²) in [6, 6.07) is 7.71. The number of piperidine rings is 1. The fourth-order valence-corrected chi connectivity index (χ4v) is 2.64. The minimum atomic E-state index is -0.0932. The summed E-state index contributed by atoms with van der Waals surface area (Å²) in [4.78, 5) is 14.2. The normalized spacial score (nSPS) is 20.2. The third-order valence-corrected chi connectivity index (χ3v) is 3.72. The molecule has 0 aliphatic carbocycles. The second kappa shape index (κ2) is 6.92. The van der Waals surface area contributed by atoms with Gasteiger partial charge in [0.25, 0.3) is 0 Å². The quantitative estimate of drug-likeness (QED) is 0.794. The summed E-state index contributed by atoms with van der Waals surface area (Å²) >= 11 is 5.89. The van der Waals surface area contributed by atoms with Gasteiger partial charge in [0.05, 0.1) is 6.61 Å². The first-order valence-electron chi connectivity index (χ1n) is 6.86. The van der Waals surface area contributed by atoms with Gasteiger partial charge in [0, 0.05) is 11.6 Å². The predicted octanol–water partition coefficient (Wildman–Crippen LogP) is 3.26. The van der Waals surface area contributed by atoms with Crippen LogP contribution >= 0.6 is 11.6 Å². The maximum Gasteiger partial charge on any atom is 0.323 e. The van der Waals surface area contributed by atoms with Crippen molar-refractivity contribution >= 4 is 17.6 Å². The third-order valence-electron chi connectivity index (χ3n) is 3.47. The Labute approximate surface area is 119 Å². The first-order valence-corrected chi connectivity index (χ1v) is 7.23. The molecule has 2 rings (SSSR count). The standard InChI is InChI=1S/C15H20ClNO2/c1-2-19-15(18)14-5-3-4-10-17(14)11-12-6-8-13(16)9-7-12/h6-9,14H,2-5,10-11H2,1H3. The van der Waals surface area contributed by atoms with Crippen molar-refractivity contribution in [3.63, 3.8) is 0 Å². The molecule has 3 nitrogen and oxygen atoms in total.